The average Bonchev–Trinajstić information content (AvgIpc) is 2.97. The first-order valence-corrected chi connectivity index (χ1v) is 9.54. The molecule has 0 aliphatic carbocycles. The maximum absolute atomic E-state index is 12.5. The lowest BCUT2D eigenvalue weighted by atomic mass is 10.0. The molecule has 0 spiro atoms. The van der Waals surface area contributed by atoms with Crippen molar-refractivity contribution in [3.8, 4) is 0 Å². The van der Waals surface area contributed by atoms with Crippen molar-refractivity contribution in [2.45, 2.75) is 30.3 Å². The predicted molar refractivity (Wildman–Crippen MR) is 83.5 cm³/mol. The molecule has 21 heavy (non-hydrogen) atoms. The van der Waals surface area contributed by atoms with Gasteiger partial charge in [0.2, 0.25) is 0 Å². The lowest BCUT2D eigenvalue weighted by Gasteiger charge is -2.32. The van der Waals surface area contributed by atoms with Crippen LogP contribution in [0.2, 0.25) is 5.15 Å². The summed E-state index contributed by atoms with van der Waals surface area (Å²) < 4.78 is 29.2. The Morgan fingerprint density at radius 1 is 1.52 bits per heavy atom. The van der Waals surface area contributed by atoms with Gasteiger partial charge in [-0.25, -0.2) is 18.1 Å². The van der Waals surface area contributed by atoms with Crippen LogP contribution in [0.4, 0.5) is 0 Å². The Kier molecular flexibility index (Phi) is 4.24. The average molecular weight is 349 g/mol. The number of likely N-dealkylation sites (N-methyl/N-ethyl adjacent to an activating group) is 1. The first-order chi connectivity index (χ1) is 9.99. The number of aromatic nitrogens is 2. The van der Waals surface area contributed by atoms with Crippen molar-refractivity contribution in [2.24, 2.45) is 0 Å². The molecular weight excluding hydrogens is 332 g/mol. The molecule has 6 nitrogen and oxygen atoms in total. The second-order valence-electron chi connectivity index (χ2n) is 5.25. The van der Waals surface area contributed by atoms with E-state index in [4.69, 9.17) is 11.6 Å². The lowest BCUT2D eigenvalue weighted by molar-refractivity contribution is 0.187. The molecule has 1 saturated heterocycles. The quantitative estimate of drug-likeness (QED) is 0.915. The maximum atomic E-state index is 12.5. The molecule has 3 heterocycles. The first kappa shape index (κ1) is 15.2. The van der Waals surface area contributed by atoms with Gasteiger partial charge in [0.15, 0.2) is 15.1 Å². The fraction of sp³-hybridized carbons (Fsp3) is 0.583. The second kappa shape index (κ2) is 5.85. The van der Waals surface area contributed by atoms with Crippen LogP contribution in [-0.2, 0) is 10.0 Å². The van der Waals surface area contributed by atoms with Crippen LogP contribution < -0.4 is 4.72 Å². The molecule has 0 bridgehead atoms. The number of hydrogen-bond donors (Lipinski definition) is 1. The number of hydrogen-bond acceptors (Lipinski definition) is 5. The molecule has 1 N–H and O–H groups in total. The number of fused-ring (bicyclic) bond motifs is 1. The predicted octanol–water partition coefficient (Wildman–Crippen LogP) is 1.81. The summed E-state index contributed by atoms with van der Waals surface area (Å²) in [6.45, 7) is 1.40. The summed E-state index contributed by atoms with van der Waals surface area (Å²) in [4.78, 5) is 6.84. The van der Waals surface area contributed by atoms with Crippen LogP contribution in [-0.4, -0.2) is 48.9 Å². The van der Waals surface area contributed by atoms with E-state index in [0.717, 1.165) is 19.4 Å². The van der Waals surface area contributed by atoms with Crippen molar-refractivity contribution < 1.29 is 8.42 Å². The topological polar surface area (TPSA) is 66.7 Å². The minimum absolute atomic E-state index is 0.0198. The molecular formula is C12H17ClN4O2S2. The van der Waals surface area contributed by atoms with Crippen molar-refractivity contribution >= 4 is 37.9 Å². The van der Waals surface area contributed by atoms with Gasteiger partial charge in [-0.05, 0) is 26.4 Å². The molecule has 1 aliphatic rings. The van der Waals surface area contributed by atoms with E-state index in [-0.39, 0.29) is 16.2 Å². The first-order valence-electron chi connectivity index (χ1n) is 6.80. The molecule has 0 aromatic carbocycles. The summed E-state index contributed by atoms with van der Waals surface area (Å²) in [6.07, 6.45) is 4.98. The van der Waals surface area contributed by atoms with Crippen LogP contribution in [0, 0.1) is 0 Å². The number of imidazole rings is 1. The number of nitrogens with zero attached hydrogens (tertiary/aromatic N) is 3. The van der Waals surface area contributed by atoms with Gasteiger partial charge in [0.25, 0.3) is 10.0 Å². The number of nitrogens with one attached hydrogen (secondary N) is 1. The Morgan fingerprint density at radius 3 is 3.10 bits per heavy atom. The summed E-state index contributed by atoms with van der Waals surface area (Å²) in [5.74, 6) is 0. The number of piperidine rings is 1. The third kappa shape index (κ3) is 2.95. The molecule has 0 amide bonds. The van der Waals surface area contributed by atoms with Crippen LogP contribution >= 0.6 is 22.9 Å². The van der Waals surface area contributed by atoms with E-state index < -0.39 is 10.0 Å². The Hall–Kier alpha value is -0.670. The molecule has 9 heteroatoms. The summed E-state index contributed by atoms with van der Waals surface area (Å²) in [5.41, 5.74) is 0. The Bertz CT molecular complexity index is 740. The van der Waals surface area contributed by atoms with Crippen molar-refractivity contribution in [3.63, 3.8) is 0 Å². The van der Waals surface area contributed by atoms with Crippen LogP contribution in [0.1, 0.15) is 19.3 Å². The van der Waals surface area contributed by atoms with Crippen molar-refractivity contribution in [1.29, 1.82) is 0 Å². The van der Waals surface area contributed by atoms with Gasteiger partial charge in [-0.3, -0.25) is 4.40 Å². The molecule has 3 rings (SSSR count). The van der Waals surface area contributed by atoms with Gasteiger partial charge in [-0.15, -0.1) is 11.3 Å². The highest BCUT2D eigenvalue weighted by Crippen LogP contribution is 2.25. The Balaban J connectivity index is 1.80. The molecule has 0 saturated carbocycles. The van der Waals surface area contributed by atoms with E-state index in [1.165, 1.54) is 22.2 Å². The molecule has 1 unspecified atom stereocenters. The van der Waals surface area contributed by atoms with E-state index in [1.54, 1.807) is 11.6 Å². The van der Waals surface area contributed by atoms with Gasteiger partial charge in [-0.1, -0.05) is 18.0 Å². The monoisotopic (exact) mass is 348 g/mol. The minimum atomic E-state index is -3.67. The van der Waals surface area contributed by atoms with Gasteiger partial charge in [0.1, 0.15) is 0 Å². The molecule has 1 fully saturated rings. The van der Waals surface area contributed by atoms with Crippen LogP contribution in [0.25, 0.3) is 4.96 Å². The number of thiazole rings is 1. The molecule has 1 atom stereocenters. The zero-order chi connectivity index (χ0) is 15.0. The smallest absolute Gasteiger partial charge is 0.259 e. The third-order valence-corrected chi connectivity index (χ3v) is 6.44. The lowest BCUT2D eigenvalue weighted by Crippen LogP contribution is -2.44. The van der Waals surface area contributed by atoms with Crippen molar-refractivity contribution in [1.82, 2.24) is 19.0 Å². The van der Waals surface area contributed by atoms with E-state index in [2.05, 4.69) is 14.6 Å². The zero-order valence-electron chi connectivity index (χ0n) is 11.6. The largest absolute Gasteiger partial charge is 0.302 e. The highest BCUT2D eigenvalue weighted by molar-refractivity contribution is 7.89. The minimum Gasteiger partial charge on any atom is -0.302 e. The Morgan fingerprint density at radius 2 is 2.33 bits per heavy atom. The molecule has 0 radical (unpaired) electrons. The number of likely N-dealkylation sites (tertiary alicyclic amines) is 1. The highest BCUT2D eigenvalue weighted by atomic mass is 35.5. The van der Waals surface area contributed by atoms with Crippen LogP contribution in [0.3, 0.4) is 0 Å². The Labute approximate surface area is 132 Å². The standard InChI is InChI=1S/C12H17ClN4O2S2/c1-16-5-3-2-4-9(16)8-14-21(18,19)11-10(13)15-12-17(11)6-7-20-12/h6-7,9,14H,2-5,8H2,1H3. The van der Waals surface area contributed by atoms with Gasteiger partial charge >= 0.3 is 0 Å². The SMILES string of the molecule is CN1CCCCC1CNS(=O)(=O)c1c(Cl)nc2sccn12. The molecule has 116 valence electrons. The summed E-state index contributed by atoms with van der Waals surface area (Å²) >= 11 is 7.34. The third-order valence-electron chi connectivity index (χ3n) is 3.86. The zero-order valence-corrected chi connectivity index (χ0v) is 14.0. The van der Waals surface area contributed by atoms with Gasteiger partial charge in [-0.2, -0.15) is 0 Å². The molecule has 2 aromatic heterocycles. The maximum Gasteiger partial charge on any atom is 0.259 e. The van der Waals surface area contributed by atoms with Crippen molar-refractivity contribution in [3.05, 3.63) is 16.7 Å². The highest BCUT2D eigenvalue weighted by Gasteiger charge is 2.27. The van der Waals surface area contributed by atoms with Gasteiger partial charge < -0.3 is 4.90 Å². The van der Waals surface area contributed by atoms with E-state index in [0.29, 0.717) is 11.5 Å². The normalized spacial score (nSPS) is 21.1. The second-order valence-corrected chi connectivity index (χ2v) is 8.16. The van der Waals surface area contributed by atoms with Crippen LogP contribution in [0.5, 0.6) is 0 Å². The number of sulfonamides is 1. The summed E-state index contributed by atoms with van der Waals surface area (Å²) in [7, 11) is -1.64. The molecule has 2 aromatic rings. The number of rotatable bonds is 4. The van der Waals surface area contributed by atoms with Crippen molar-refractivity contribution in [2.75, 3.05) is 20.1 Å². The van der Waals surface area contributed by atoms with E-state index in [9.17, 15) is 8.42 Å². The van der Waals surface area contributed by atoms with Crippen LogP contribution in [0.15, 0.2) is 16.6 Å². The van der Waals surface area contributed by atoms with E-state index >= 15 is 0 Å². The van der Waals surface area contributed by atoms with E-state index in [1.807, 2.05) is 7.05 Å². The molecule has 1 aliphatic heterocycles. The number of halogens is 1. The van der Waals surface area contributed by atoms with Gasteiger partial charge in [0.05, 0.1) is 0 Å². The summed E-state index contributed by atoms with van der Waals surface area (Å²) in [6, 6.07) is 0.234. The van der Waals surface area contributed by atoms with Gasteiger partial charge in [0, 0.05) is 24.2 Å². The fourth-order valence-electron chi connectivity index (χ4n) is 2.66. The summed E-state index contributed by atoms with van der Waals surface area (Å²) in [5, 5.41) is 1.83. The fourth-order valence-corrected chi connectivity index (χ4v) is 5.18.